The molecule has 1 fully saturated rings. The molecule has 1 saturated carbocycles. The number of hydrogen-bond acceptors (Lipinski definition) is 3. The van der Waals surface area contributed by atoms with Crippen LogP contribution in [0.3, 0.4) is 0 Å². The van der Waals surface area contributed by atoms with E-state index in [2.05, 4.69) is 0 Å². The number of benzene rings is 2. The van der Waals surface area contributed by atoms with Gasteiger partial charge in [0.25, 0.3) is 0 Å². The highest BCUT2D eigenvalue weighted by molar-refractivity contribution is 7.91. The number of halogens is 6. The maximum atomic E-state index is 15.2. The SMILES string of the molecule is O=S(=O)(CC[C@@H]1CCC[C@@]2(Cc3ccc(Cl)cc3)c3c(F)ccc(F)c3OC[C@@H]12)CC(F)(F)F. The molecule has 3 atom stereocenters. The zero-order valence-electron chi connectivity index (χ0n) is 18.2. The largest absolute Gasteiger partial charge is 0.490 e. The van der Waals surface area contributed by atoms with Crippen LogP contribution in [0.25, 0.3) is 0 Å². The van der Waals surface area contributed by atoms with Gasteiger partial charge in [0, 0.05) is 21.9 Å². The first kappa shape index (κ1) is 25.2. The second-order valence-electron chi connectivity index (χ2n) is 9.26. The monoisotopic (exact) mass is 522 g/mol. The molecule has 0 unspecified atom stereocenters. The van der Waals surface area contributed by atoms with Crippen LogP contribution in [-0.2, 0) is 21.7 Å². The fourth-order valence-electron chi connectivity index (χ4n) is 5.71. The first-order valence-corrected chi connectivity index (χ1v) is 13.2. The van der Waals surface area contributed by atoms with E-state index in [4.69, 9.17) is 16.3 Å². The van der Waals surface area contributed by atoms with Crippen molar-refractivity contribution < 1.29 is 35.1 Å². The van der Waals surface area contributed by atoms with Gasteiger partial charge in [-0.3, -0.25) is 0 Å². The van der Waals surface area contributed by atoms with Gasteiger partial charge in [0.2, 0.25) is 0 Å². The second kappa shape index (κ2) is 9.30. The van der Waals surface area contributed by atoms with E-state index in [9.17, 15) is 26.0 Å². The summed E-state index contributed by atoms with van der Waals surface area (Å²) >= 11 is 6.00. The first-order chi connectivity index (χ1) is 15.9. The fraction of sp³-hybridized carbons (Fsp3) is 0.500. The van der Waals surface area contributed by atoms with Crippen molar-refractivity contribution >= 4 is 21.4 Å². The highest BCUT2D eigenvalue weighted by Crippen LogP contribution is 2.55. The van der Waals surface area contributed by atoms with Crippen LogP contribution in [0.5, 0.6) is 5.75 Å². The minimum Gasteiger partial charge on any atom is -0.490 e. The smallest absolute Gasteiger partial charge is 0.402 e. The molecule has 2 aromatic carbocycles. The molecule has 1 aliphatic carbocycles. The van der Waals surface area contributed by atoms with Gasteiger partial charge in [-0.25, -0.2) is 17.2 Å². The molecule has 3 nitrogen and oxygen atoms in total. The Balaban J connectivity index is 1.71. The quantitative estimate of drug-likeness (QED) is 0.420. The first-order valence-electron chi connectivity index (χ1n) is 11.0. The van der Waals surface area contributed by atoms with E-state index in [0.29, 0.717) is 30.7 Å². The third-order valence-electron chi connectivity index (χ3n) is 7.06. The Bertz CT molecular complexity index is 1150. The zero-order chi connectivity index (χ0) is 24.7. The van der Waals surface area contributed by atoms with Gasteiger partial charge in [0.05, 0.1) is 12.4 Å². The molecule has 0 radical (unpaired) electrons. The Morgan fingerprint density at radius 2 is 1.74 bits per heavy atom. The summed E-state index contributed by atoms with van der Waals surface area (Å²) in [5.74, 6) is -4.63. The van der Waals surface area contributed by atoms with Gasteiger partial charge < -0.3 is 4.74 Å². The maximum absolute atomic E-state index is 15.2. The molecule has 10 heteroatoms. The van der Waals surface area contributed by atoms with Gasteiger partial charge in [-0.2, -0.15) is 13.2 Å². The average Bonchev–Trinajstić information content (AvgIpc) is 2.74. The molecule has 2 aliphatic rings. The van der Waals surface area contributed by atoms with Gasteiger partial charge in [0.1, 0.15) is 11.6 Å². The highest BCUT2D eigenvalue weighted by Gasteiger charge is 2.52. The third kappa shape index (κ3) is 5.20. The van der Waals surface area contributed by atoms with E-state index < -0.39 is 44.6 Å². The average molecular weight is 523 g/mol. The Hall–Kier alpha value is -1.87. The van der Waals surface area contributed by atoms with Crippen molar-refractivity contribution in [2.75, 3.05) is 18.1 Å². The van der Waals surface area contributed by atoms with Crippen LogP contribution in [-0.4, -0.2) is 32.7 Å². The molecule has 0 N–H and O–H groups in total. The predicted molar refractivity (Wildman–Crippen MR) is 119 cm³/mol. The van der Waals surface area contributed by atoms with Crippen molar-refractivity contribution in [2.45, 2.75) is 43.7 Å². The van der Waals surface area contributed by atoms with E-state index >= 15 is 4.39 Å². The molecule has 2 aromatic rings. The van der Waals surface area contributed by atoms with Crippen molar-refractivity contribution in [1.82, 2.24) is 0 Å². The van der Waals surface area contributed by atoms with E-state index in [1.54, 1.807) is 24.3 Å². The van der Waals surface area contributed by atoms with Crippen LogP contribution >= 0.6 is 11.6 Å². The van der Waals surface area contributed by atoms with Crippen LogP contribution in [0.2, 0.25) is 5.02 Å². The van der Waals surface area contributed by atoms with E-state index in [-0.39, 0.29) is 36.2 Å². The molecular weight excluding hydrogens is 499 g/mol. The van der Waals surface area contributed by atoms with Crippen LogP contribution in [0.1, 0.15) is 36.8 Å². The molecule has 186 valence electrons. The normalized spacial score (nSPS) is 24.8. The topological polar surface area (TPSA) is 43.4 Å². The lowest BCUT2D eigenvalue weighted by Gasteiger charge is -2.52. The van der Waals surface area contributed by atoms with Gasteiger partial charge in [0.15, 0.2) is 21.4 Å². The fourth-order valence-corrected chi connectivity index (χ4v) is 7.14. The molecule has 1 aliphatic heterocycles. The van der Waals surface area contributed by atoms with Crippen molar-refractivity contribution in [3.63, 3.8) is 0 Å². The Kier molecular flexibility index (Phi) is 6.90. The summed E-state index contributed by atoms with van der Waals surface area (Å²) in [5, 5.41) is 0.527. The van der Waals surface area contributed by atoms with E-state index in [1.807, 2.05) is 0 Å². The summed E-state index contributed by atoms with van der Waals surface area (Å²) in [6.07, 6.45) is -2.77. The number of rotatable bonds is 6. The standard InChI is InChI=1S/C24H24ClF5O3S/c25-17-5-3-15(4-6-17)12-23-10-1-2-16(9-11-34(31,32)14-24(28,29)30)18(23)13-33-22-20(27)8-7-19(26)21(22)23/h3-8,16,18H,1-2,9-14H2/t16-,18-,23-/m0/s1. The van der Waals surface area contributed by atoms with Crippen LogP contribution in [0.15, 0.2) is 36.4 Å². The summed E-state index contributed by atoms with van der Waals surface area (Å²) in [6.45, 7) is 0.0327. The molecular formula is C24H24ClF5O3S. The minimum absolute atomic E-state index is 0.00107. The van der Waals surface area contributed by atoms with Crippen molar-refractivity contribution in [1.29, 1.82) is 0 Å². The van der Waals surface area contributed by atoms with Crippen LogP contribution in [0, 0.1) is 23.5 Å². The highest BCUT2D eigenvalue weighted by atomic mass is 35.5. The van der Waals surface area contributed by atoms with E-state index in [0.717, 1.165) is 17.7 Å². The number of fused-ring (bicyclic) bond motifs is 3. The lowest BCUT2D eigenvalue weighted by Crippen LogP contribution is -2.51. The lowest BCUT2D eigenvalue weighted by atomic mass is 9.55. The molecule has 1 heterocycles. The summed E-state index contributed by atoms with van der Waals surface area (Å²) in [7, 11) is -4.35. The van der Waals surface area contributed by atoms with Gasteiger partial charge in [-0.15, -0.1) is 0 Å². The molecule has 4 rings (SSSR count). The molecule has 0 bridgehead atoms. The number of ether oxygens (including phenoxy) is 1. The van der Waals surface area contributed by atoms with Crippen LogP contribution < -0.4 is 4.74 Å². The Morgan fingerprint density at radius 1 is 1.06 bits per heavy atom. The zero-order valence-corrected chi connectivity index (χ0v) is 19.7. The van der Waals surface area contributed by atoms with Crippen molar-refractivity contribution in [3.8, 4) is 5.75 Å². The van der Waals surface area contributed by atoms with Gasteiger partial charge in [-0.1, -0.05) is 30.2 Å². The molecule has 0 amide bonds. The van der Waals surface area contributed by atoms with Gasteiger partial charge in [-0.05, 0) is 61.4 Å². The van der Waals surface area contributed by atoms with Crippen molar-refractivity contribution in [3.05, 3.63) is 64.2 Å². The predicted octanol–water partition coefficient (Wildman–Crippen LogP) is 6.27. The molecule has 34 heavy (non-hydrogen) atoms. The molecule has 0 aromatic heterocycles. The summed E-state index contributed by atoms with van der Waals surface area (Å²) in [6, 6.07) is 9.08. The van der Waals surface area contributed by atoms with Gasteiger partial charge >= 0.3 is 6.18 Å². The second-order valence-corrected chi connectivity index (χ2v) is 11.9. The summed E-state index contributed by atoms with van der Waals surface area (Å²) in [4.78, 5) is 0. The maximum Gasteiger partial charge on any atom is 0.402 e. The summed E-state index contributed by atoms with van der Waals surface area (Å²) < 4.78 is 97.7. The molecule has 0 saturated heterocycles. The number of alkyl halides is 3. The lowest BCUT2D eigenvalue weighted by molar-refractivity contribution is -0.106. The third-order valence-corrected chi connectivity index (χ3v) is 8.93. The van der Waals surface area contributed by atoms with Crippen LogP contribution in [0.4, 0.5) is 22.0 Å². The Labute approximate surface area is 200 Å². The van der Waals surface area contributed by atoms with E-state index in [1.165, 1.54) is 0 Å². The molecule has 0 spiro atoms. The number of sulfone groups is 1. The Morgan fingerprint density at radius 3 is 2.41 bits per heavy atom. The van der Waals surface area contributed by atoms with Crippen molar-refractivity contribution in [2.24, 2.45) is 11.8 Å². The minimum atomic E-state index is -4.81. The number of hydrogen-bond donors (Lipinski definition) is 0. The summed E-state index contributed by atoms with van der Waals surface area (Å²) in [5.41, 5.74) is 0.0856.